The first-order valence-corrected chi connectivity index (χ1v) is 7.51. The number of hydrogen-bond donors (Lipinski definition) is 2. The maximum atomic E-state index is 12.2. The molecule has 1 aromatic rings. The molecule has 2 unspecified atom stereocenters. The van der Waals surface area contributed by atoms with E-state index in [1.165, 1.54) is 6.20 Å². The number of amides is 1. The van der Waals surface area contributed by atoms with Crippen molar-refractivity contribution >= 4 is 39.4 Å². The van der Waals surface area contributed by atoms with Crippen molar-refractivity contribution in [3.63, 3.8) is 0 Å². The number of hydrogen-bond acceptors (Lipinski definition) is 3. The van der Waals surface area contributed by atoms with E-state index in [9.17, 15) is 14.7 Å². The fourth-order valence-corrected chi connectivity index (χ4v) is 2.95. The summed E-state index contributed by atoms with van der Waals surface area (Å²) in [7, 11) is 0. The van der Waals surface area contributed by atoms with Crippen molar-refractivity contribution in [2.45, 2.75) is 31.7 Å². The summed E-state index contributed by atoms with van der Waals surface area (Å²) in [5.41, 5.74) is 0.246. The highest BCUT2D eigenvalue weighted by molar-refractivity contribution is 9.10. The van der Waals surface area contributed by atoms with Crippen LogP contribution in [0.25, 0.3) is 0 Å². The Hall–Kier alpha value is -1.14. The van der Waals surface area contributed by atoms with E-state index in [0.29, 0.717) is 17.3 Å². The van der Waals surface area contributed by atoms with Gasteiger partial charge in [0.1, 0.15) is 5.15 Å². The number of rotatable bonds is 3. The van der Waals surface area contributed by atoms with Gasteiger partial charge in [0.2, 0.25) is 0 Å². The number of carboxylic acid groups (broad SMARTS) is 1. The number of aliphatic carboxylic acids is 1. The van der Waals surface area contributed by atoms with E-state index in [1.807, 2.05) is 0 Å². The van der Waals surface area contributed by atoms with Gasteiger partial charge in [0.15, 0.2) is 0 Å². The molecule has 1 aromatic heterocycles. The van der Waals surface area contributed by atoms with Crippen LogP contribution in [0.1, 0.15) is 36.0 Å². The summed E-state index contributed by atoms with van der Waals surface area (Å²) in [4.78, 5) is 27.3. The van der Waals surface area contributed by atoms with Crippen molar-refractivity contribution in [3.8, 4) is 0 Å². The molecule has 5 nitrogen and oxygen atoms in total. The van der Waals surface area contributed by atoms with Crippen LogP contribution >= 0.6 is 27.5 Å². The van der Waals surface area contributed by atoms with Crippen molar-refractivity contribution in [3.05, 3.63) is 27.5 Å². The average Bonchev–Trinajstić information content (AvgIpc) is 2.41. The van der Waals surface area contributed by atoms with E-state index < -0.39 is 11.9 Å². The van der Waals surface area contributed by atoms with Crippen molar-refractivity contribution < 1.29 is 14.7 Å². The molecular formula is C13H14BrClN2O3. The van der Waals surface area contributed by atoms with Gasteiger partial charge in [0.25, 0.3) is 5.91 Å². The highest BCUT2D eigenvalue weighted by Gasteiger charge is 2.32. The van der Waals surface area contributed by atoms with Crippen LogP contribution in [0.3, 0.4) is 0 Å². The van der Waals surface area contributed by atoms with Gasteiger partial charge in [-0.1, -0.05) is 24.4 Å². The SMILES string of the molecule is O=C(NC1CCCCC1C(=O)O)c1cc(Br)cnc1Cl. The summed E-state index contributed by atoms with van der Waals surface area (Å²) < 4.78 is 0.644. The zero-order valence-corrected chi connectivity index (χ0v) is 12.9. The lowest BCUT2D eigenvalue weighted by molar-refractivity contribution is -0.143. The monoisotopic (exact) mass is 360 g/mol. The van der Waals surface area contributed by atoms with E-state index in [4.69, 9.17) is 11.6 Å². The van der Waals surface area contributed by atoms with Gasteiger partial charge in [0.05, 0.1) is 11.5 Å². The minimum Gasteiger partial charge on any atom is -0.481 e. The van der Waals surface area contributed by atoms with Gasteiger partial charge >= 0.3 is 5.97 Å². The van der Waals surface area contributed by atoms with E-state index in [2.05, 4.69) is 26.2 Å². The first-order chi connectivity index (χ1) is 9.49. The Balaban J connectivity index is 2.13. The third kappa shape index (κ3) is 3.49. The molecule has 0 aromatic carbocycles. The van der Waals surface area contributed by atoms with E-state index in [-0.39, 0.29) is 22.7 Å². The van der Waals surface area contributed by atoms with Crippen LogP contribution in [0.5, 0.6) is 0 Å². The first-order valence-electron chi connectivity index (χ1n) is 6.33. The Labute approximate surface area is 129 Å². The van der Waals surface area contributed by atoms with Crippen LogP contribution in [-0.2, 0) is 4.79 Å². The standard InChI is InChI=1S/C13H14BrClN2O3/c14-7-5-9(11(15)16-6-7)12(18)17-10-4-2-1-3-8(10)13(19)20/h5-6,8,10H,1-4H2,(H,17,18)(H,19,20). The van der Waals surface area contributed by atoms with Gasteiger partial charge < -0.3 is 10.4 Å². The Bertz CT molecular complexity index is 538. The molecular weight excluding hydrogens is 348 g/mol. The molecule has 1 fully saturated rings. The van der Waals surface area contributed by atoms with Crippen LogP contribution in [0, 0.1) is 5.92 Å². The number of pyridine rings is 1. The van der Waals surface area contributed by atoms with Gasteiger partial charge in [-0.2, -0.15) is 0 Å². The number of aromatic nitrogens is 1. The lowest BCUT2D eigenvalue weighted by Gasteiger charge is -2.29. The molecule has 7 heteroatoms. The number of nitrogens with one attached hydrogen (secondary N) is 1. The number of carbonyl (C=O) groups is 2. The summed E-state index contributed by atoms with van der Waals surface area (Å²) in [5, 5.41) is 12.1. The molecule has 0 saturated heterocycles. The predicted octanol–water partition coefficient (Wildman–Crippen LogP) is 2.87. The van der Waals surface area contributed by atoms with Gasteiger partial charge in [-0.25, -0.2) is 4.98 Å². The Morgan fingerprint density at radius 1 is 1.40 bits per heavy atom. The molecule has 2 N–H and O–H groups in total. The quantitative estimate of drug-likeness (QED) is 0.811. The number of halogens is 2. The molecule has 20 heavy (non-hydrogen) atoms. The second-order valence-corrected chi connectivity index (χ2v) is 6.07. The summed E-state index contributed by atoms with van der Waals surface area (Å²) in [6.45, 7) is 0. The highest BCUT2D eigenvalue weighted by Crippen LogP contribution is 2.26. The maximum absolute atomic E-state index is 12.2. The number of nitrogens with zero attached hydrogens (tertiary/aromatic N) is 1. The number of carbonyl (C=O) groups excluding carboxylic acids is 1. The van der Waals surface area contributed by atoms with Crippen molar-refractivity contribution in [1.82, 2.24) is 10.3 Å². The van der Waals surface area contributed by atoms with Gasteiger partial charge in [-0.05, 0) is 34.8 Å². The predicted molar refractivity (Wildman–Crippen MR) is 77.8 cm³/mol. The molecule has 1 aliphatic carbocycles. The second kappa shape index (κ2) is 6.54. The Kier molecular flexibility index (Phi) is 4.99. The fraction of sp³-hybridized carbons (Fsp3) is 0.462. The lowest BCUT2D eigenvalue weighted by atomic mass is 9.84. The fourth-order valence-electron chi connectivity index (χ4n) is 2.43. The van der Waals surface area contributed by atoms with E-state index in [0.717, 1.165) is 12.8 Å². The highest BCUT2D eigenvalue weighted by atomic mass is 79.9. The molecule has 1 saturated carbocycles. The molecule has 2 rings (SSSR count). The number of carboxylic acids is 1. The molecule has 0 radical (unpaired) electrons. The third-order valence-corrected chi connectivity index (χ3v) is 4.18. The molecule has 1 aliphatic rings. The van der Waals surface area contributed by atoms with Crippen molar-refractivity contribution in [1.29, 1.82) is 0 Å². The summed E-state index contributed by atoms with van der Waals surface area (Å²) in [6.07, 6.45) is 4.55. The first kappa shape index (κ1) is 15.3. The Morgan fingerprint density at radius 2 is 2.10 bits per heavy atom. The van der Waals surface area contributed by atoms with Crippen molar-refractivity contribution in [2.24, 2.45) is 5.92 Å². The van der Waals surface area contributed by atoms with Gasteiger partial charge in [0, 0.05) is 16.7 Å². The molecule has 0 spiro atoms. The van der Waals surface area contributed by atoms with Gasteiger partial charge in [-0.15, -0.1) is 0 Å². The minimum atomic E-state index is -0.867. The summed E-state index contributed by atoms with van der Waals surface area (Å²) >= 11 is 9.13. The maximum Gasteiger partial charge on any atom is 0.308 e. The van der Waals surface area contributed by atoms with Gasteiger partial charge in [-0.3, -0.25) is 9.59 Å². The lowest BCUT2D eigenvalue weighted by Crippen LogP contribution is -2.45. The zero-order chi connectivity index (χ0) is 14.7. The molecule has 2 atom stereocenters. The largest absolute Gasteiger partial charge is 0.481 e. The second-order valence-electron chi connectivity index (χ2n) is 4.80. The van der Waals surface area contributed by atoms with Crippen LogP contribution in [0.2, 0.25) is 5.15 Å². The Morgan fingerprint density at radius 3 is 2.80 bits per heavy atom. The average molecular weight is 362 g/mol. The van der Waals surface area contributed by atoms with Crippen LogP contribution in [-0.4, -0.2) is 28.0 Å². The van der Waals surface area contributed by atoms with Crippen LogP contribution in [0.4, 0.5) is 0 Å². The smallest absolute Gasteiger partial charge is 0.308 e. The zero-order valence-electron chi connectivity index (χ0n) is 10.6. The van der Waals surface area contributed by atoms with E-state index >= 15 is 0 Å². The molecule has 108 valence electrons. The van der Waals surface area contributed by atoms with Crippen LogP contribution < -0.4 is 5.32 Å². The molecule has 0 aliphatic heterocycles. The summed E-state index contributed by atoms with van der Waals surface area (Å²) in [6, 6.07) is 1.22. The van der Waals surface area contributed by atoms with Crippen LogP contribution in [0.15, 0.2) is 16.7 Å². The minimum absolute atomic E-state index is 0.105. The molecule has 1 heterocycles. The summed E-state index contributed by atoms with van der Waals surface area (Å²) in [5.74, 6) is -1.79. The normalized spacial score (nSPS) is 22.3. The third-order valence-electron chi connectivity index (χ3n) is 3.45. The van der Waals surface area contributed by atoms with E-state index in [1.54, 1.807) is 6.07 Å². The molecule has 0 bridgehead atoms. The topological polar surface area (TPSA) is 79.3 Å². The van der Waals surface area contributed by atoms with Crippen molar-refractivity contribution in [2.75, 3.05) is 0 Å². The molecule has 1 amide bonds.